The molecule has 3 rings (SSSR count). The fourth-order valence-corrected chi connectivity index (χ4v) is 3.46. The van der Waals surface area contributed by atoms with E-state index in [1.807, 2.05) is 6.07 Å². The van der Waals surface area contributed by atoms with E-state index < -0.39 is 5.97 Å². The molecular weight excluding hydrogens is 403 g/mol. The van der Waals surface area contributed by atoms with Gasteiger partial charge in [-0.25, -0.2) is 4.39 Å². The van der Waals surface area contributed by atoms with Gasteiger partial charge in [0.2, 0.25) is 0 Å². The maximum Gasteiger partial charge on any atom is 0.323 e. The standard InChI is InChI=1S/C15H10BrFN2O2S2/c16-10-2-1-9(11(17)5-10)3-8-4-12-14(22)19(7-13(20)21)15(23)18(12)6-8/h1-2,4-6H,3,7H2,(H,20,21). The molecule has 0 radical (unpaired) electrons. The van der Waals surface area contributed by atoms with Gasteiger partial charge in [0.1, 0.15) is 17.4 Å². The Labute approximate surface area is 150 Å². The van der Waals surface area contributed by atoms with Crippen LogP contribution in [0.2, 0.25) is 0 Å². The Morgan fingerprint density at radius 1 is 1.30 bits per heavy atom. The van der Waals surface area contributed by atoms with Gasteiger partial charge in [-0.05, 0) is 41.5 Å². The van der Waals surface area contributed by atoms with Crippen LogP contribution in [0.5, 0.6) is 0 Å². The molecule has 1 N–H and O–H groups in total. The van der Waals surface area contributed by atoms with E-state index in [1.54, 1.807) is 22.9 Å². The highest BCUT2D eigenvalue weighted by atomic mass is 79.9. The molecule has 0 aliphatic carbocycles. The molecule has 1 aliphatic rings. The quantitative estimate of drug-likeness (QED) is 0.781. The van der Waals surface area contributed by atoms with Gasteiger partial charge in [0.05, 0.1) is 5.69 Å². The van der Waals surface area contributed by atoms with Crippen LogP contribution in [0, 0.1) is 5.82 Å². The summed E-state index contributed by atoms with van der Waals surface area (Å²) in [7, 11) is 0. The molecule has 0 unspecified atom stereocenters. The Balaban J connectivity index is 1.86. The molecule has 0 amide bonds. The molecule has 1 aromatic carbocycles. The lowest BCUT2D eigenvalue weighted by Crippen LogP contribution is -2.35. The number of thiocarbonyl (C=S) groups is 2. The third-order valence-corrected chi connectivity index (χ3v) is 4.82. The second kappa shape index (κ2) is 6.10. The number of benzene rings is 1. The number of aromatic nitrogens is 1. The first-order valence-corrected chi connectivity index (χ1v) is 8.21. The summed E-state index contributed by atoms with van der Waals surface area (Å²) in [5.41, 5.74) is 2.09. The van der Waals surface area contributed by atoms with Crippen molar-refractivity contribution in [2.75, 3.05) is 6.54 Å². The van der Waals surface area contributed by atoms with E-state index in [4.69, 9.17) is 29.5 Å². The summed E-state index contributed by atoms with van der Waals surface area (Å²) in [6, 6.07) is 6.74. The average molecular weight is 413 g/mol. The summed E-state index contributed by atoms with van der Waals surface area (Å²) in [5, 5.41) is 9.24. The minimum Gasteiger partial charge on any atom is -0.480 e. The molecule has 0 saturated heterocycles. The van der Waals surface area contributed by atoms with Gasteiger partial charge in [-0.3, -0.25) is 14.3 Å². The summed E-state index contributed by atoms with van der Waals surface area (Å²) in [6.07, 6.45) is 2.18. The zero-order valence-electron chi connectivity index (χ0n) is 11.6. The predicted octanol–water partition coefficient (Wildman–Crippen LogP) is 3.19. The van der Waals surface area contributed by atoms with Crippen LogP contribution >= 0.6 is 40.4 Å². The van der Waals surface area contributed by atoms with E-state index >= 15 is 0 Å². The minimum atomic E-state index is -1.00. The van der Waals surface area contributed by atoms with Crippen molar-refractivity contribution >= 4 is 56.4 Å². The van der Waals surface area contributed by atoms with Crippen LogP contribution < -0.4 is 0 Å². The number of halogens is 2. The molecule has 2 heterocycles. The van der Waals surface area contributed by atoms with E-state index in [-0.39, 0.29) is 12.4 Å². The van der Waals surface area contributed by atoms with Crippen molar-refractivity contribution in [1.82, 2.24) is 9.47 Å². The van der Waals surface area contributed by atoms with Crippen molar-refractivity contribution in [1.29, 1.82) is 0 Å². The van der Waals surface area contributed by atoms with Gasteiger partial charge < -0.3 is 5.11 Å². The number of carboxylic acid groups (broad SMARTS) is 1. The molecule has 8 heteroatoms. The second-order valence-electron chi connectivity index (χ2n) is 5.08. The van der Waals surface area contributed by atoms with E-state index in [0.29, 0.717) is 32.3 Å². The fraction of sp³-hybridized carbons (Fsp3) is 0.133. The summed E-state index contributed by atoms with van der Waals surface area (Å²) in [4.78, 5) is 12.6. The zero-order valence-corrected chi connectivity index (χ0v) is 14.8. The van der Waals surface area contributed by atoms with Crippen molar-refractivity contribution in [2.45, 2.75) is 6.42 Å². The number of nitrogens with zero attached hydrogens (tertiary/aromatic N) is 2. The maximum absolute atomic E-state index is 13.9. The molecule has 1 aliphatic heterocycles. The third-order valence-electron chi connectivity index (χ3n) is 3.48. The molecule has 0 atom stereocenters. The van der Waals surface area contributed by atoms with Crippen LogP contribution in [0.1, 0.15) is 16.8 Å². The van der Waals surface area contributed by atoms with Crippen LogP contribution in [0.3, 0.4) is 0 Å². The van der Waals surface area contributed by atoms with Crippen LogP contribution in [0.25, 0.3) is 0 Å². The summed E-state index contributed by atoms with van der Waals surface area (Å²) in [5.74, 6) is -1.29. The highest BCUT2D eigenvalue weighted by molar-refractivity contribution is 9.10. The van der Waals surface area contributed by atoms with Crippen molar-refractivity contribution in [3.8, 4) is 0 Å². The van der Waals surface area contributed by atoms with Gasteiger partial charge in [-0.1, -0.05) is 34.2 Å². The van der Waals surface area contributed by atoms with Crippen molar-refractivity contribution in [2.24, 2.45) is 0 Å². The smallest absolute Gasteiger partial charge is 0.323 e. The number of fused-ring (bicyclic) bond motifs is 1. The van der Waals surface area contributed by atoms with Crippen LogP contribution in [0.4, 0.5) is 4.39 Å². The first-order chi connectivity index (χ1) is 10.9. The Kier molecular flexibility index (Phi) is 4.31. The molecule has 118 valence electrons. The maximum atomic E-state index is 13.9. The van der Waals surface area contributed by atoms with Gasteiger partial charge in [-0.15, -0.1) is 0 Å². The lowest BCUT2D eigenvalue weighted by molar-refractivity contribution is -0.136. The molecule has 23 heavy (non-hydrogen) atoms. The summed E-state index contributed by atoms with van der Waals surface area (Å²) in [6.45, 7) is -0.268. The van der Waals surface area contributed by atoms with Gasteiger partial charge in [0.25, 0.3) is 0 Å². The molecular formula is C15H10BrFN2O2S2. The third kappa shape index (κ3) is 3.06. The highest BCUT2D eigenvalue weighted by Gasteiger charge is 2.31. The molecule has 1 aromatic heterocycles. The molecule has 0 saturated carbocycles. The number of rotatable bonds is 4. The predicted molar refractivity (Wildman–Crippen MR) is 95.4 cm³/mol. The van der Waals surface area contributed by atoms with E-state index in [1.165, 1.54) is 11.0 Å². The lowest BCUT2D eigenvalue weighted by atomic mass is 10.1. The van der Waals surface area contributed by atoms with Crippen LogP contribution in [0.15, 0.2) is 34.9 Å². The van der Waals surface area contributed by atoms with Crippen molar-refractivity contribution in [3.63, 3.8) is 0 Å². The average Bonchev–Trinajstić information content (AvgIpc) is 2.97. The molecule has 0 bridgehead atoms. The lowest BCUT2D eigenvalue weighted by Gasteiger charge is -2.14. The van der Waals surface area contributed by atoms with Gasteiger partial charge >= 0.3 is 5.97 Å². The fourth-order valence-electron chi connectivity index (χ4n) is 2.45. The molecule has 0 fully saturated rings. The number of carboxylic acids is 1. The highest BCUT2D eigenvalue weighted by Crippen LogP contribution is 2.24. The van der Waals surface area contributed by atoms with Crippen LogP contribution in [-0.4, -0.2) is 37.2 Å². The van der Waals surface area contributed by atoms with E-state index in [0.717, 1.165) is 5.56 Å². The molecule has 2 aromatic rings. The normalized spacial score (nSPS) is 13.6. The number of hydrogen-bond acceptors (Lipinski definition) is 3. The van der Waals surface area contributed by atoms with Gasteiger partial charge in [0, 0.05) is 17.1 Å². The van der Waals surface area contributed by atoms with E-state index in [2.05, 4.69) is 15.9 Å². The van der Waals surface area contributed by atoms with Crippen molar-refractivity contribution in [3.05, 3.63) is 57.6 Å². The first-order valence-electron chi connectivity index (χ1n) is 6.60. The molecule has 4 nitrogen and oxygen atoms in total. The minimum absolute atomic E-state index is 0.268. The monoisotopic (exact) mass is 412 g/mol. The van der Waals surface area contributed by atoms with Gasteiger partial charge in [-0.2, -0.15) is 0 Å². The zero-order chi connectivity index (χ0) is 16.7. The van der Waals surface area contributed by atoms with Crippen molar-refractivity contribution < 1.29 is 14.3 Å². The summed E-state index contributed by atoms with van der Waals surface area (Å²) < 4.78 is 16.3. The Morgan fingerprint density at radius 2 is 2.04 bits per heavy atom. The second-order valence-corrected chi connectivity index (χ2v) is 6.75. The van der Waals surface area contributed by atoms with E-state index in [9.17, 15) is 9.18 Å². The Bertz CT molecular complexity index is 816. The Morgan fingerprint density at radius 3 is 2.65 bits per heavy atom. The SMILES string of the molecule is O=C(O)CN1C(=S)c2cc(Cc3ccc(Br)cc3F)cn2C1=S. The van der Waals surface area contributed by atoms with Gasteiger partial charge in [0.15, 0.2) is 5.11 Å². The molecule has 0 spiro atoms. The Hall–Kier alpha value is -1.64. The number of aliphatic carboxylic acids is 1. The largest absolute Gasteiger partial charge is 0.480 e. The summed E-state index contributed by atoms with van der Waals surface area (Å²) >= 11 is 13.8. The topological polar surface area (TPSA) is 45.5 Å². The van der Waals surface area contributed by atoms with Crippen LogP contribution in [-0.2, 0) is 11.2 Å². The first kappa shape index (κ1) is 16.2. The number of carbonyl (C=O) groups is 1. The number of hydrogen-bond donors (Lipinski definition) is 1.